The third kappa shape index (κ3) is 3.61. The molecule has 0 saturated carbocycles. The number of carbonyl (C=O) groups is 2. The van der Waals surface area contributed by atoms with Crippen LogP contribution in [0.2, 0.25) is 0 Å². The number of ether oxygens (including phenoxy) is 1. The van der Waals surface area contributed by atoms with Crippen LogP contribution in [0.25, 0.3) is 11.0 Å². The van der Waals surface area contributed by atoms with Crippen LogP contribution in [0.5, 0.6) is 0 Å². The molecular weight excluding hydrogens is 330 g/mol. The van der Waals surface area contributed by atoms with Gasteiger partial charge >= 0.3 is 5.97 Å². The summed E-state index contributed by atoms with van der Waals surface area (Å²) in [6, 6.07) is 17.0. The summed E-state index contributed by atoms with van der Waals surface area (Å²) >= 11 is 0. The van der Waals surface area contributed by atoms with Crippen molar-refractivity contribution in [3.8, 4) is 0 Å². The summed E-state index contributed by atoms with van der Waals surface area (Å²) in [5.41, 5.74) is 2.34. The average Bonchev–Trinajstić information content (AvgIpc) is 2.99. The first kappa shape index (κ1) is 17.7. The molecule has 0 aliphatic carbocycles. The molecule has 0 aliphatic heterocycles. The van der Waals surface area contributed by atoms with Gasteiger partial charge in [0.1, 0.15) is 5.58 Å². The molecule has 0 saturated heterocycles. The fourth-order valence-corrected chi connectivity index (χ4v) is 2.88. The molecule has 1 atom stereocenters. The first-order valence-electron chi connectivity index (χ1n) is 8.45. The van der Waals surface area contributed by atoms with Crippen molar-refractivity contribution < 1.29 is 18.7 Å². The highest BCUT2D eigenvalue weighted by molar-refractivity contribution is 5.97. The van der Waals surface area contributed by atoms with Gasteiger partial charge in [-0.25, -0.2) is 4.79 Å². The minimum Gasteiger partial charge on any atom is -0.449 e. The maximum Gasteiger partial charge on any atom is 0.375 e. The van der Waals surface area contributed by atoms with Crippen molar-refractivity contribution in [3.05, 3.63) is 71.5 Å². The summed E-state index contributed by atoms with van der Waals surface area (Å²) in [5.74, 6) is -0.764. The summed E-state index contributed by atoms with van der Waals surface area (Å²) in [6.45, 7) is 3.82. The van der Waals surface area contributed by atoms with Gasteiger partial charge in [0.25, 0.3) is 5.91 Å². The van der Waals surface area contributed by atoms with E-state index < -0.39 is 12.1 Å². The number of carbonyl (C=O) groups excluding carboxylic acids is 2. The Kier molecular flexibility index (Phi) is 5.07. The largest absolute Gasteiger partial charge is 0.449 e. The van der Waals surface area contributed by atoms with Crippen LogP contribution in [-0.4, -0.2) is 29.9 Å². The number of para-hydroxylation sites is 1. The van der Waals surface area contributed by atoms with Gasteiger partial charge in [-0.05, 0) is 25.5 Å². The predicted octanol–water partition coefficient (Wildman–Crippen LogP) is 3.95. The summed E-state index contributed by atoms with van der Waals surface area (Å²) in [5, 5.41) is 0.861. The highest BCUT2D eigenvalue weighted by Crippen LogP contribution is 2.25. The summed E-state index contributed by atoms with van der Waals surface area (Å²) in [6.07, 6.45) is -0.899. The first-order chi connectivity index (χ1) is 12.5. The molecule has 134 valence electrons. The third-order valence-electron chi connectivity index (χ3n) is 4.30. The molecule has 0 spiro atoms. The Morgan fingerprint density at radius 1 is 1.08 bits per heavy atom. The minimum absolute atomic E-state index is 0.136. The smallest absolute Gasteiger partial charge is 0.375 e. The van der Waals surface area contributed by atoms with Gasteiger partial charge in [-0.2, -0.15) is 0 Å². The highest BCUT2D eigenvalue weighted by atomic mass is 16.6. The van der Waals surface area contributed by atoms with Gasteiger partial charge in [0.2, 0.25) is 5.76 Å². The Morgan fingerprint density at radius 2 is 1.73 bits per heavy atom. The van der Waals surface area contributed by atoms with Gasteiger partial charge in [0, 0.05) is 24.5 Å². The van der Waals surface area contributed by atoms with Crippen LogP contribution in [0.15, 0.2) is 59.0 Å². The lowest BCUT2D eigenvalue weighted by atomic mass is 10.1. The van der Waals surface area contributed by atoms with E-state index in [0.29, 0.717) is 17.7 Å². The fraction of sp³-hybridized carbons (Fsp3) is 0.238. The van der Waals surface area contributed by atoms with E-state index in [-0.39, 0.29) is 11.7 Å². The Balaban J connectivity index is 1.68. The van der Waals surface area contributed by atoms with Gasteiger partial charge in [-0.15, -0.1) is 0 Å². The van der Waals surface area contributed by atoms with Crippen molar-refractivity contribution >= 4 is 22.8 Å². The quantitative estimate of drug-likeness (QED) is 0.653. The van der Waals surface area contributed by atoms with Gasteiger partial charge < -0.3 is 14.1 Å². The number of hydrogen-bond acceptors (Lipinski definition) is 4. The minimum atomic E-state index is -0.899. The van der Waals surface area contributed by atoms with Gasteiger partial charge in [-0.3, -0.25) is 4.79 Å². The molecule has 2 aromatic carbocycles. The van der Waals surface area contributed by atoms with Crippen molar-refractivity contribution in [3.63, 3.8) is 0 Å². The van der Waals surface area contributed by atoms with E-state index in [1.165, 1.54) is 0 Å². The Morgan fingerprint density at radius 3 is 2.42 bits per heavy atom. The molecular formula is C21H21NO4. The second-order valence-corrected chi connectivity index (χ2v) is 6.28. The van der Waals surface area contributed by atoms with Crippen LogP contribution in [0.4, 0.5) is 0 Å². The predicted molar refractivity (Wildman–Crippen MR) is 98.7 cm³/mol. The van der Waals surface area contributed by atoms with Crippen molar-refractivity contribution in [2.75, 3.05) is 7.05 Å². The van der Waals surface area contributed by atoms with Crippen molar-refractivity contribution in [2.24, 2.45) is 0 Å². The standard InChI is InChI=1S/C21H21NO4/c1-14-17-11-7-8-12-18(17)26-19(14)21(24)25-15(2)20(23)22(3)13-16-9-5-4-6-10-16/h4-12,15H,13H2,1-3H3/t15-/m0/s1. The number of fused-ring (bicyclic) bond motifs is 1. The molecule has 3 aromatic rings. The van der Waals surface area contributed by atoms with E-state index in [4.69, 9.17) is 9.15 Å². The number of nitrogens with zero attached hydrogens (tertiary/aromatic N) is 1. The van der Waals surface area contributed by atoms with E-state index in [2.05, 4.69) is 0 Å². The average molecular weight is 351 g/mol. The SMILES string of the molecule is Cc1c(C(=O)O[C@@H](C)C(=O)N(C)Cc2ccccc2)oc2ccccc12. The van der Waals surface area contributed by atoms with Gasteiger partial charge in [0.05, 0.1) is 0 Å². The van der Waals surface area contributed by atoms with Gasteiger partial charge in [0.15, 0.2) is 6.10 Å². The normalized spacial score (nSPS) is 12.0. The fourth-order valence-electron chi connectivity index (χ4n) is 2.88. The molecule has 1 aromatic heterocycles. The lowest BCUT2D eigenvalue weighted by molar-refractivity contribution is -0.139. The molecule has 0 aliphatic rings. The number of amides is 1. The molecule has 0 unspecified atom stereocenters. The zero-order valence-corrected chi connectivity index (χ0v) is 15.1. The molecule has 1 heterocycles. The van der Waals surface area contributed by atoms with Crippen LogP contribution >= 0.6 is 0 Å². The Bertz CT molecular complexity index is 930. The topological polar surface area (TPSA) is 59.8 Å². The number of rotatable bonds is 5. The molecule has 26 heavy (non-hydrogen) atoms. The summed E-state index contributed by atoms with van der Waals surface area (Å²) in [4.78, 5) is 26.5. The van der Waals surface area contributed by atoms with E-state index in [1.54, 1.807) is 31.9 Å². The summed E-state index contributed by atoms with van der Waals surface area (Å²) in [7, 11) is 1.69. The maximum atomic E-state index is 12.5. The molecule has 0 fully saturated rings. The maximum absolute atomic E-state index is 12.5. The third-order valence-corrected chi connectivity index (χ3v) is 4.30. The number of esters is 1. The molecule has 0 N–H and O–H groups in total. The monoisotopic (exact) mass is 351 g/mol. The van der Waals surface area contributed by atoms with Crippen LogP contribution in [0.3, 0.4) is 0 Å². The molecule has 0 radical (unpaired) electrons. The second-order valence-electron chi connectivity index (χ2n) is 6.28. The first-order valence-corrected chi connectivity index (χ1v) is 8.45. The van der Waals surface area contributed by atoms with Gasteiger partial charge in [-0.1, -0.05) is 48.5 Å². The van der Waals surface area contributed by atoms with E-state index in [9.17, 15) is 9.59 Å². The van der Waals surface area contributed by atoms with Crippen molar-refractivity contribution in [1.29, 1.82) is 0 Å². The van der Waals surface area contributed by atoms with E-state index in [0.717, 1.165) is 10.9 Å². The van der Waals surface area contributed by atoms with E-state index in [1.807, 2.05) is 48.5 Å². The number of benzene rings is 2. The second kappa shape index (κ2) is 7.44. The number of aryl methyl sites for hydroxylation is 1. The van der Waals surface area contributed by atoms with Crippen molar-refractivity contribution in [1.82, 2.24) is 4.90 Å². The number of furan rings is 1. The molecule has 0 bridgehead atoms. The molecule has 5 heteroatoms. The van der Waals surface area contributed by atoms with E-state index >= 15 is 0 Å². The number of hydrogen-bond donors (Lipinski definition) is 0. The Labute approximate surface area is 152 Å². The Hall–Kier alpha value is -3.08. The van der Waals surface area contributed by atoms with Crippen LogP contribution in [0, 0.1) is 6.92 Å². The lowest BCUT2D eigenvalue weighted by Crippen LogP contribution is -2.37. The zero-order chi connectivity index (χ0) is 18.7. The number of likely N-dealkylation sites (N-methyl/N-ethyl adjacent to an activating group) is 1. The zero-order valence-electron chi connectivity index (χ0n) is 15.1. The molecule has 5 nitrogen and oxygen atoms in total. The lowest BCUT2D eigenvalue weighted by Gasteiger charge is -2.21. The molecule has 3 rings (SSSR count). The van der Waals surface area contributed by atoms with Crippen LogP contribution in [-0.2, 0) is 16.1 Å². The van der Waals surface area contributed by atoms with Crippen LogP contribution < -0.4 is 0 Å². The highest BCUT2D eigenvalue weighted by Gasteiger charge is 2.25. The van der Waals surface area contributed by atoms with Crippen LogP contribution in [0.1, 0.15) is 28.6 Å². The molecule has 1 amide bonds. The van der Waals surface area contributed by atoms with Crippen molar-refractivity contribution in [2.45, 2.75) is 26.5 Å². The summed E-state index contributed by atoms with van der Waals surface area (Å²) < 4.78 is 10.9.